The topological polar surface area (TPSA) is 116 Å². The molecule has 0 spiro atoms. The van der Waals surface area contributed by atoms with Crippen LogP contribution in [0, 0.1) is 11.8 Å². The van der Waals surface area contributed by atoms with Crippen molar-refractivity contribution in [3.8, 4) is 0 Å². The SMILES string of the molecule is C[C@@H](O)[C@H]1C(=O)N2C(C(=O)O)=C(S[C@@H]3CN[C@H](CCC(C)(C)N)C3)[C@H](C)[C@H]12. The Morgan fingerprint density at radius 2 is 2.15 bits per heavy atom. The normalized spacial score (nSPS) is 34.7. The van der Waals surface area contributed by atoms with Crippen LogP contribution in [0.4, 0.5) is 0 Å². The highest BCUT2D eigenvalue weighted by molar-refractivity contribution is 8.03. The lowest BCUT2D eigenvalue weighted by atomic mass is 9.79. The molecule has 152 valence electrons. The van der Waals surface area contributed by atoms with Gasteiger partial charge in [0.2, 0.25) is 5.91 Å². The van der Waals surface area contributed by atoms with Gasteiger partial charge in [0.15, 0.2) is 0 Å². The van der Waals surface area contributed by atoms with Gasteiger partial charge in [0, 0.05) is 34.2 Å². The van der Waals surface area contributed by atoms with E-state index < -0.39 is 18.0 Å². The molecule has 7 nitrogen and oxygen atoms in total. The third-order valence-electron chi connectivity index (χ3n) is 5.92. The number of thioether (sulfide) groups is 1. The quantitative estimate of drug-likeness (QED) is 0.476. The summed E-state index contributed by atoms with van der Waals surface area (Å²) in [6.45, 7) is 8.44. The van der Waals surface area contributed by atoms with E-state index in [0.717, 1.165) is 30.7 Å². The summed E-state index contributed by atoms with van der Waals surface area (Å²) in [6, 6.07) is 0.147. The predicted molar refractivity (Wildman–Crippen MR) is 105 cm³/mol. The summed E-state index contributed by atoms with van der Waals surface area (Å²) in [6.07, 6.45) is 2.13. The fraction of sp³-hybridized carbons (Fsp3) is 0.789. The minimum absolute atomic E-state index is 0.0691. The molecule has 0 aromatic carbocycles. The number of carboxylic acids is 1. The van der Waals surface area contributed by atoms with Crippen molar-refractivity contribution in [2.24, 2.45) is 17.6 Å². The highest BCUT2D eigenvalue weighted by atomic mass is 32.2. The summed E-state index contributed by atoms with van der Waals surface area (Å²) in [5.41, 5.74) is 6.01. The molecule has 3 rings (SSSR count). The molecule has 27 heavy (non-hydrogen) atoms. The Morgan fingerprint density at radius 1 is 1.48 bits per heavy atom. The molecule has 8 heteroatoms. The van der Waals surface area contributed by atoms with Gasteiger partial charge in [-0.15, -0.1) is 11.8 Å². The molecular formula is C19H31N3O4S. The highest BCUT2D eigenvalue weighted by Gasteiger charge is 2.60. The number of carbonyl (C=O) groups is 2. The maximum atomic E-state index is 12.4. The lowest BCUT2D eigenvalue weighted by Crippen LogP contribution is -2.63. The Labute approximate surface area is 164 Å². The van der Waals surface area contributed by atoms with E-state index >= 15 is 0 Å². The Morgan fingerprint density at radius 3 is 2.70 bits per heavy atom. The first kappa shape index (κ1) is 20.6. The number of hydrogen-bond acceptors (Lipinski definition) is 6. The van der Waals surface area contributed by atoms with Crippen LogP contribution in [0.3, 0.4) is 0 Å². The van der Waals surface area contributed by atoms with Gasteiger partial charge in [0.1, 0.15) is 5.70 Å². The van der Waals surface area contributed by atoms with Crippen LogP contribution >= 0.6 is 11.8 Å². The largest absolute Gasteiger partial charge is 0.477 e. The fourth-order valence-electron chi connectivity index (χ4n) is 4.50. The van der Waals surface area contributed by atoms with Crippen molar-refractivity contribution in [2.75, 3.05) is 6.54 Å². The first-order valence-electron chi connectivity index (χ1n) is 9.68. The molecule has 0 aromatic heterocycles. The molecule has 3 aliphatic rings. The molecule has 2 saturated heterocycles. The van der Waals surface area contributed by atoms with Crippen molar-refractivity contribution in [3.05, 3.63) is 10.6 Å². The van der Waals surface area contributed by atoms with Gasteiger partial charge < -0.3 is 26.2 Å². The summed E-state index contributed by atoms with van der Waals surface area (Å²) in [5.74, 6) is -1.91. The average Bonchev–Trinajstić information content (AvgIpc) is 3.07. The number of carboxylic acid groups (broad SMARTS) is 1. The maximum absolute atomic E-state index is 12.4. The maximum Gasteiger partial charge on any atom is 0.353 e. The third kappa shape index (κ3) is 3.90. The molecule has 0 aromatic rings. The van der Waals surface area contributed by atoms with Crippen LogP contribution in [0.15, 0.2) is 10.6 Å². The second-order valence-corrected chi connectivity index (χ2v) is 10.2. The van der Waals surface area contributed by atoms with Crippen LogP contribution in [-0.2, 0) is 9.59 Å². The summed E-state index contributed by atoms with van der Waals surface area (Å²) in [4.78, 5) is 26.4. The van der Waals surface area contributed by atoms with Gasteiger partial charge in [-0.25, -0.2) is 4.79 Å². The van der Waals surface area contributed by atoms with Gasteiger partial charge in [0.05, 0.1) is 18.1 Å². The number of nitrogens with zero attached hydrogens (tertiary/aromatic N) is 1. The van der Waals surface area contributed by atoms with Crippen molar-refractivity contribution < 1.29 is 19.8 Å². The van der Waals surface area contributed by atoms with E-state index in [1.54, 1.807) is 18.7 Å². The zero-order valence-electron chi connectivity index (χ0n) is 16.4. The van der Waals surface area contributed by atoms with Gasteiger partial charge in [-0.3, -0.25) is 4.79 Å². The summed E-state index contributed by atoms with van der Waals surface area (Å²) < 4.78 is 0. The van der Waals surface area contributed by atoms with E-state index in [0.29, 0.717) is 6.04 Å². The Bertz CT molecular complexity index is 658. The van der Waals surface area contributed by atoms with Crippen molar-refractivity contribution >= 4 is 23.6 Å². The van der Waals surface area contributed by atoms with Gasteiger partial charge >= 0.3 is 5.97 Å². The summed E-state index contributed by atoms with van der Waals surface area (Å²) in [5, 5.41) is 23.4. The van der Waals surface area contributed by atoms with Crippen molar-refractivity contribution in [2.45, 2.75) is 75.9 Å². The van der Waals surface area contributed by atoms with Crippen LogP contribution < -0.4 is 11.1 Å². The third-order valence-corrected chi connectivity index (χ3v) is 7.43. The molecule has 2 fully saturated rings. The molecule has 6 atom stereocenters. The molecular weight excluding hydrogens is 366 g/mol. The smallest absolute Gasteiger partial charge is 0.353 e. The molecule has 1 amide bonds. The number of nitrogens with one attached hydrogen (secondary N) is 1. The summed E-state index contributed by atoms with van der Waals surface area (Å²) >= 11 is 1.59. The fourth-order valence-corrected chi connectivity index (χ4v) is 6.01. The minimum atomic E-state index is -1.06. The van der Waals surface area contributed by atoms with Crippen LogP contribution in [0.2, 0.25) is 0 Å². The van der Waals surface area contributed by atoms with E-state index in [2.05, 4.69) is 5.32 Å². The minimum Gasteiger partial charge on any atom is -0.477 e. The van der Waals surface area contributed by atoms with Gasteiger partial charge in [-0.1, -0.05) is 6.92 Å². The average molecular weight is 398 g/mol. The monoisotopic (exact) mass is 397 g/mol. The standard InChI is InChI=1S/C19H31N3O4S/c1-9-14-13(10(2)23)17(24)22(14)15(18(25)26)16(9)27-12-7-11(21-8-12)5-6-19(3,4)20/h9-14,21,23H,5-8,20H2,1-4H3,(H,25,26)/t9-,10-,11-,12+,13-,14-/m1/s1. The number of β-lactam (4-membered cyclic amide) rings is 1. The van der Waals surface area contributed by atoms with Gasteiger partial charge in [0.25, 0.3) is 0 Å². The molecule has 3 aliphatic heterocycles. The van der Waals surface area contributed by atoms with Crippen molar-refractivity contribution in [1.29, 1.82) is 0 Å². The summed E-state index contributed by atoms with van der Waals surface area (Å²) in [7, 11) is 0. The number of aliphatic carboxylic acids is 1. The van der Waals surface area contributed by atoms with Crippen LogP contribution in [0.5, 0.6) is 0 Å². The number of hydrogen-bond donors (Lipinski definition) is 4. The number of carbonyl (C=O) groups excluding carboxylic acids is 1. The van der Waals surface area contributed by atoms with Gasteiger partial charge in [-0.2, -0.15) is 0 Å². The van der Waals surface area contributed by atoms with E-state index in [1.807, 2.05) is 20.8 Å². The van der Waals surface area contributed by atoms with Crippen molar-refractivity contribution in [3.63, 3.8) is 0 Å². The molecule has 0 aliphatic carbocycles. The van der Waals surface area contributed by atoms with E-state index in [4.69, 9.17) is 5.73 Å². The highest BCUT2D eigenvalue weighted by Crippen LogP contribution is 2.51. The van der Waals surface area contributed by atoms with Gasteiger partial charge in [-0.05, 0) is 40.0 Å². The number of rotatable bonds is 7. The Balaban J connectivity index is 1.69. The van der Waals surface area contributed by atoms with E-state index in [9.17, 15) is 19.8 Å². The molecule has 5 N–H and O–H groups in total. The lowest BCUT2D eigenvalue weighted by Gasteiger charge is -2.46. The lowest BCUT2D eigenvalue weighted by molar-refractivity contribution is -0.163. The zero-order chi connectivity index (χ0) is 20.1. The molecule has 3 heterocycles. The first-order chi connectivity index (χ1) is 12.5. The van der Waals surface area contributed by atoms with Crippen LogP contribution in [0.1, 0.15) is 47.0 Å². The predicted octanol–water partition coefficient (Wildman–Crippen LogP) is 1.12. The van der Waals surface area contributed by atoms with E-state index in [-0.39, 0.29) is 34.4 Å². The Hall–Kier alpha value is -1.09. The molecule has 0 unspecified atom stereocenters. The number of fused-ring (bicyclic) bond motifs is 1. The zero-order valence-corrected chi connectivity index (χ0v) is 17.3. The molecule has 0 saturated carbocycles. The van der Waals surface area contributed by atoms with Crippen LogP contribution in [0.25, 0.3) is 0 Å². The second-order valence-electron chi connectivity index (χ2n) is 8.88. The van der Waals surface area contributed by atoms with Crippen LogP contribution in [-0.4, -0.2) is 62.5 Å². The number of aliphatic hydroxyl groups is 1. The van der Waals surface area contributed by atoms with E-state index in [1.165, 1.54) is 4.90 Å². The number of amides is 1. The Kier molecular flexibility index (Phi) is 5.65. The number of aliphatic hydroxyl groups excluding tert-OH is 1. The molecule has 0 bridgehead atoms. The molecule has 0 radical (unpaired) electrons. The second kappa shape index (κ2) is 7.39. The number of nitrogens with two attached hydrogens (primary N) is 1. The first-order valence-corrected chi connectivity index (χ1v) is 10.6. The van der Waals surface area contributed by atoms with Crippen molar-refractivity contribution in [1.82, 2.24) is 10.2 Å².